The monoisotopic (exact) mass is 522 g/mol. The maximum absolute atomic E-state index is 11.8. The van der Waals surface area contributed by atoms with Crippen LogP contribution in [0.5, 0.6) is 5.75 Å². The number of anilines is 1. The number of aryl methyl sites for hydroxylation is 1. The van der Waals surface area contributed by atoms with Gasteiger partial charge < -0.3 is 16.2 Å². The summed E-state index contributed by atoms with van der Waals surface area (Å²) in [7, 11) is 0. The van der Waals surface area contributed by atoms with E-state index in [9.17, 15) is 4.79 Å². The minimum absolute atomic E-state index is 0.0478. The zero-order valence-electron chi connectivity index (χ0n) is 22.0. The standard InChI is InChI=1S/C31H34N6O2/c32-29-28-27(22-9-8-21-10-11-25(39-26(21)17-22)20-5-2-1-3-6-20)35-31(37(28)14-12-34-29)23-15-19(16-23)18-36-13-4-7-24(36)30(33)38/h1-3,5-6,8-9,12,14,17,19,23-25H,4,7,10-11,13,15-16,18H2,(H2,32,34)(H2,33,38). The number of primary amides is 1. The molecule has 1 aliphatic carbocycles. The highest BCUT2D eigenvalue weighted by atomic mass is 16.5. The number of rotatable bonds is 6. The highest BCUT2D eigenvalue weighted by molar-refractivity contribution is 5.86. The first kappa shape index (κ1) is 24.2. The van der Waals surface area contributed by atoms with E-state index in [4.69, 9.17) is 21.2 Å². The molecule has 39 heavy (non-hydrogen) atoms. The second kappa shape index (κ2) is 9.68. The number of hydrogen-bond donors (Lipinski definition) is 2. The van der Waals surface area contributed by atoms with E-state index in [1.54, 1.807) is 6.20 Å². The average molecular weight is 523 g/mol. The van der Waals surface area contributed by atoms with Gasteiger partial charge in [0, 0.05) is 30.4 Å². The summed E-state index contributed by atoms with van der Waals surface area (Å²) in [5, 5.41) is 0. The van der Waals surface area contributed by atoms with E-state index in [1.165, 1.54) is 11.1 Å². The van der Waals surface area contributed by atoms with Crippen molar-refractivity contribution >= 4 is 17.2 Å². The third-order valence-corrected chi connectivity index (χ3v) is 8.85. The predicted molar refractivity (Wildman–Crippen MR) is 150 cm³/mol. The number of carbonyl (C=O) groups excluding carboxylic acids is 1. The summed E-state index contributed by atoms with van der Waals surface area (Å²) in [5.41, 5.74) is 17.2. The molecule has 8 nitrogen and oxygen atoms in total. The van der Waals surface area contributed by atoms with Crippen LogP contribution in [0.3, 0.4) is 0 Å². The molecule has 2 aromatic carbocycles. The summed E-state index contributed by atoms with van der Waals surface area (Å²) < 4.78 is 8.61. The van der Waals surface area contributed by atoms with Crippen molar-refractivity contribution in [3.05, 3.63) is 77.9 Å². The second-order valence-electron chi connectivity index (χ2n) is 11.3. The van der Waals surface area contributed by atoms with Crippen molar-refractivity contribution in [2.45, 2.75) is 56.6 Å². The summed E-state index contributed by atoms with van der Waals surface area (Å²) in [4.78, 5) is 23.7. The molecule has 8 heteroatoms. The Kier molecular flexibility index (Phi) is 6.00. The van der Waals surface area contributed by atoms with E-state index in [0.29, 0.717) is 17.7 Å². The predicted octanol–water partition coefficient (Wildman–Crippen LogP) is 4.49. The van der Waals surface area contributed by atoms with E-state index in [-0.39, 0.29) is 18.1 Å². The van der Waals surface area contributed by atoms with Gasteiger partial charge in [-0.05, 0) is 68.2 Å². The number of benzene rings is 2. The SMILES string of the molecule is NC(=O)C1CCCN1CC1CC(c2nc(-c3ccc4c(c3)OC(c3ccccc3)CC4)c3c(N)nccn23)C1. The van der Waals surface area contributed by atoms with E-state index < -0.39 is 0 Å². The van der Waals surface area contributed by atoms with Gasteiger partial charge in [-0.1, -0.05) is 42.5 Å². The molecule has 0 bridgehead atoms. The molecule has 2 aromatic heterocycles. The van der Waals surface area contributed by atoms with Crippen LogP contribution in [0.1, 0.15) is 61.1 Å². The van der Waals surface area contributed by atoms with Crippen LogP contribution < -0.4 is 16.2 Å². The molecule has 3 aliphatic rings. The van der Waals surface area contributed by atoms with Gasteiger partial charge in [0.15, 0.2) is 0 Å². The minimum atomic E-state index is -0.195. The Morgan fingerprint density at radius 2 is 1.95 bits per heavy atom. The first-order valence-electron chi connectivity index (χ1n) is 14.1. The van der Waals surface area contributed by atoms with Gasteiger partial charge in [0.1, 0.15) is 34.7 Å². The lowest BCUT2D eigenvalue weighted by Gasteiger charge is -2.38. The number of imidazole rings is 1. The van der Waals surface area contributed by atoms with Gasteiger partial charge in [-0.15, -0.1) is 0 Å². The molecule has 4 aromatic rings. The van der Waals surface area contributed by atoms with Gasteiger partial charge in [-0.3, -0.25) is 14.1 Å². The Labute approximate surface area is 228 Å². The van der Waals surface area contributed by atoms with Crippen LogP contribution in [0, 0.1) is 5.92 Å². The van der Waals surface area contributed by atoms with Crippen molar-refractivity contribution in [2.75, 3.05) is 18.8 Å². The van der Waals surface area contributed by atoms with Crippen LogP contribution in [0.4, 0.5) is 5.82 Å². The molecule has 2 fully saturated rings. The van der Waals surface area contributed by atoms with Crippen molar-refractivity contribution in [1.82, 2.24) is 19.3 Å². The molecule has 0 spiro atoms. The molecule has 4 N–H and O–H groups in total. The van der Waals surface area contributed by atoms with Gasteiger partial charge in [0.2, 0.25) is 5.91 Å². The van der Waals surface area contributed by atoms with Gasteiger partial charge in [0.05, 0.1) is 6.04 Å². The van der Waals surface area contributed by atoms with E-state index >= 15 is 0 Å². The molecule has 4 heterocycles. The third kappa shape index (κ3) is 4.33. The van der Waals surface area contributed by atoms with E-state index in [1.807, 2.05) is 12.3 Å². The summed E-state index contributed by atoms with van der Waals surface area (Å²) in [6.07, 6.45) is 9.69. The Balaban J connectivity index is 1.16. The van der Waals surface area contributed by atoms with Gasteiger partial charge in [-0.25, -0.2) is 9.97 Å². The summed E-state index contributed by atoms with van der Waals surface area (Å²) >= 11 is 0. The number of fused-ring (bicyclic) bond motifs is 2. The van der Waals surface area contributed by atoms with Crippen LogP contribution in [0.25, 0.3) is 16.8 Å². The van der Waals surface area contributed by atoms with Crippen LogP contribution in [-0.2, 0) is 11.2 Å². The quantitative estimate of drug-likeness (QED) is 0.386. The number of nitrogens with two attached hydrogens (primary N) is 2. The first-order chi connectivity index (χ1) is 19.0. The first-order valence-corrected chi connectivity index (χ1v) is 14.1. The van der Waals surface area contributed by atoms with Crippen molar-refractivity contribution in [3.8, 4) is 17.0 Å². The number of amides is 1. The molecule has 2 aliphatic heterocycles. The molecule has 1 saturated carbocycles. The number of aromatic nitrogens is 3. The molecular weight excluding hydrogens is 488 g/mol. The molecular formula is C31H34N6O2. The fraction of sp³-hybridized carbons (Fsp3) is 0.387. The van der Waals surface area contributed by atoms with Crippen molar-refractivity contribution in [3.63, 3.8) is 0 Å². The topological polar surface area (TPSA) is 112 Å². The summed E-state index contributed by atoms with van der Waals surface area (Å²) in [5.74, 6) is 3.10. The Morgan fingerprint density at radius 3 is 2.77 bits per heavy atom. The lowest BCUT2D eigenvalue weighted by atomic mass is 9.74. The zero-order valence-corrected chi connectivity index (χ0v) is 22.0. The zero-order chi connectivity index (χ0) is 26.5. The largest absolute Gasteiger partial charge is 0.485 e. The summed E-state index contributed by atoms with van der Waals surface area (Å²) in [6.45, 7) is 1.88. The van der Waals surface area contributed by atoms with Crippen LogP contribution in [-0.4, -0.2) is 44.3 Å². The van der Waals surface area contributed by atoms with Crippen LogP contribution in [0.15, 0.2) is 60.9 Å². The number of ether oxygens (including phenoxy) is 1. The smallest absolute Gasteiger partial charge is 0.234 e. The highest BCUT2D eigenvalue weighted by Crippen LogP contribution is 2.45. The lowest BCUT2D eigenvalue weighted by molar-refractivity contribution is -0.122. The number of likely N-dealkylation sites (tertiary alicyclic amines) is 1. The average Bonchev–Trinajstić information content (AvgIpc) is 3.56. The minimum Gasteiger partial charge on any atom is -0.485 e. The number of nitrogen functional groups attached to an aromatic ring is 1. The molecule has 0 radical (unpaired) electrons. The van der Waals surface area contributed by atoms with Gasteiger partial charge >= 0.3 is 0 Å². The van der Waals surface area contributed by atoms with Crippen LogP contribution >= 0.6 is 0 Å². The molecule has 1 amide bonds. The number of nitrogens with zero attached hydrogens (tertiary/aromatic N) is 4. The maximum Gasteiger partial charge on any atom is 0.234 e. The fourth-order valence-electron chi connectivity index (χ4n) is 6.79. The molecule has 200 valence electrons. The Hall–Kier alpha value is -3.91. The Bertz CT molecular complexity index is 1530. The second-order valence-corrected chi connectivity index (χ2v) is 11.3. The number of carbonyl (C=O) groups is 1. The molecule has 2 unspecified atom stereocenters. The molecule has 7 rings (SSSR count). The lowest BCUT2D eigenvalue weighted by Crippen LogP contribution is -2.44. The van der Waals surface area contributed by atoms with Crippen LogP contribution in [0.2, 0.25) is 0 Å². The van der Waals surface area contributed by atoms with Gasteiger partial charge in [0.25, 0.3) is 0 Å². The fourth-order valence-corrected chi connectivity index (χ4v) is 6.79. The number of hydrogen-bond acceptors (Lipinski definition) is 6. The van der Waals surface area contributed by atoms with E-state index in [2.05, 4.69) is 56.7 Å². The normalized spacial score (nSPS) is 24.7. The van der Waals surface area contributed by atoms with Crippen molar-refractivity contribution in [1.29, 1.82) is 0 Å². The van der Waals surface area contributed by atoms with E-state index in [0.717, 1.165) is 80.0 Å². The van der Waals surface area contributed by atoms with Gasteiger partial charge in [-0.2, -0.15) is 0 Å². The Morgan fingerprint density at radius 1 is 1.10 bits per heavy atom. The third-order valence-electron chi connectivity index (χ3n) is 8.85. The highest BCUT2D eigenvalue weighted by Gasteiger charge is 2.38. The maximum atomic E-state index is 11.8. The summed E-state index contributed by atoms with van der Waals surface area (Å²) in [6, 6.07) is 16.7. The molecule has 1 saturated heterocycles. The van der Waals surface area contributed by atoms with Crippen molar-refractivity contribution in [2.24, 2.45) is 11.7 Å². The molecule has 2 atom stereocenters. The van der Waals surface area contributed by atoms with Crippen molar-refractivity contribution < 1.29 is 9.53 Å².